The number of likely N-dealkylation sites (tertiary alicyclic amines) is 1. The lowest BCUT2D eigenvalue weighted by Crippen LogP contribution is -2.39. The van der Waals surface area contributed by atoms with Crippen LogP contribution in [0.4, 0.5) is 0 Å². The zero-order valence-electron chi connectivity index (χ0n) is 12.0. The Hall–Kier alpha value is -0.850. The molecular weight excluding hydrogens is 400 g/mol. The predicted molar refractivity (Wildman–Crippen MR) is 91.2 cm³/mol. The molecule has 1 aliphatic rings. The maximum atomic E-state index is 12.1. The molecule has 114 valence electrons. The molecule has 21 heavy (non-hydrogen) atoms. The number of benzene rings is 1. The second-order valence-corrected chi connectivity index (χ2v) is 6.70. The molecule has 1 aliphatic heterocycles. The number of hydrogen-bond acceptors (Lipinski definition) is 3. The fourth-order valence-electron chi connectivity index (χ4n) is 2.38. The molecule has 1 atom stereocenters. The minimum absolute atomic E-state index is 0.0162. The summed E-state index contributed by atoms with van der Waals surface area (Å²) in [5.41, 5.74) is 0.940. The maximum absolute atomic E-state index is 12.1. The first kappa shape index (κ1) is 16.5. The molecule has 0 saturated carbocycles. The van der Waals surface area contributed by atoms with Crippen LogP contribution in [0, 0.1) is 0 Å². The molecule has 1 heterocycles. The van der Waals surface area contributed by atoms with Crippen LogP contribution in [-0.2, 0) is 4.79 Å². The number of nitrogens with one attached hydrogen (secondary N) is 1. The van der Waals surface area contributed by atoms with E-state index >= 15 is 0 Å². The van der Waals surface area contributed by atoms with Crippen molar-refractivity contribution in [1.82, 2.24) is 10.2 Å². The van der Waals surface area contributed by atoms with E-state index in [0.717, 1.165) is 39.6 Å². The van der Waals surface area contributed by atoms with E-state index in [4.69, 9.17) is 4.74 Å². The second kappa shape index (κ2) is 7.42. The van der Waals surface area contributed by atoms with E-state index < -0.39 is 0 Å². The summed E-state index contributed by atoms with van der Waals surface area (Å²) >= 11 is 6.93. The lowest BCUT2D eigenvalue weighted by molar-refractivity contribution is -0.124. The van der Waals surface area contributed by atoms with Crippen molar-refractivity contribution in [2.45, 2.75) is 18.9 Å². The molecule has 1 amide bonds. The van der Waals surface area contributed by atoms with Crippen LogP contribution >= 0.6 is 31.9 Å². The number of rotatable bonds is 4. The summed E-state index contributed by atoms with van der Waals surface area (Å²) in [4.78, 5) is 14.1. The van der Waals surface area contributed by atoms with Crippen molar-refractivity contribution in [2.24, 2.45) is 0 Å². The predicted octanol–water partition coefficient (Wildman–Crippen LogP) is 3.40. The fourth-order valence-corrected chi connectivity index (χ4v) is 3.67. The highest BCUT2D eigenvalue weighted by Crippen LogP contribution is 2.32. The molecule has 0 aromatic heterocycles. The van der Waals surface area contributed by atoms with Crippen LogP contribution in [0.1, 0.15) is 18.4 Å². The number of ether oxygens (including phenoxy) is 1. The van der Waals surface area contributed by atoms with Crippen molar-refractivity contribution in [3.8, 4) is 5.75 Å². The number of hydrogen-bond donors (Lipinski definition) is 1. The lowest BCUT2D eigenvalue weighted by atomic mass is 10.2. The van der Waals surface area contributed by atoms with E-state index in [2.05, 4.69) is 42.1 Å². The van der Waals surface area contributed by atoms with Crippen molar-refractivity contribution in [3.63, 3.8) is 0 Å². The molecular formula is C15H18Br2N2O2. The summed E-state index contributed by atoms with van der Waals surface area (Å²) in [6, 6.07) is 3.81. The van der Waals surface area contributed by atoms with Crippen molar-refractivity contribution in [1.29, 1.82) is 0 Å². The minimum atomic E-state index is -0.0162. The fraction of sp³-hybridized carbons (Fsp3) is 0.400. The lowest BCUT2D eigenvalue weighted by Gasteiger charge is -2.17. The van der Waals surface area contributed by atoms with Gasteiger partial charge in [0.1, 0.15) is 5.75 Å². The highest BCUT2D eigenvalue weighted by molar-refractivity contribution is 9.11. The zero-order valence-corrected chi connectivity index (χ0v) is 15.2. The van der Waals surface area contributed by atoms with E-state index in [1.54, 1.807) is 13.3 Å². The summed E-state index contributed by atoms with van der Waals surface area (Å²) in [5, 5.41) is 2.85. The smallest absolute Gasteiger partial charge is 0.241 e. The summed E-state index contributed by atoms with van der Waals surface area (Å²) in [6.07, 6.45) is 5.54. The van der Waals surface area contributed by atoms with E-state index in [0.29, 0.717) is 0 Å². The van der Waals surface area contributed by atoms with E-state index in [-0.39, 0.29) is 11.9 Å². The molecule has 1 fully saturated rings. The average Bonchev–Trinajstić information content (AvgIpc) is 2.87. The molecule has 1 N–H and O–H groups in total. The Labute approximate surface area is 141 Å². The van der Waals surface area contributed by atoms with Gasteiger partial charge in [-0.15, -0.1) is 0 Å². The van der Waals surface area contributed by atoms with Gasteiger partial charge in [-0.25, -0.2) is 0 Å². The van der Waals surface area contributed by atoms with Gasteiger partial charge in [0.15, 0.2) is 0 Å². The molecule has 1 aromatic rings. The van der Waals surface area contributed by atoms with Gasteiger partial charge in [-0.3, -0.25) is 9.69 Å². The largest absolute Gasteiger partial charge is 0.496 e. The van der Waals surface area contributed by atoms with Crippen molar-refractivity contribution < 1.29 is 9.53 Å². The number of likely N-dealkylation sites (N-methyl/N-ethyl adjacent to an activating group) is 1. The molecule has 0 aliphatic carbocycles. The summed E-state index contributed by atoms with van der Waals surface area (Å²) < 4.78 is 7.08. The van der Waals surface area contributed by atoms with E-state index in [1.807, 2.05) is 25.3 Å². The van der Waals surface area contributed by atoms with Gasteiger partial charge in [-0.2, -0.15) is 0 Å². The molecule has 0 spiro atoms. The van der Waals surface area contributed by atoms with Crippen molar-refractivity contribution in [2.75, 3.05) is 20.7 Å². The summed E-state index contributed by atoms with van der Waals surface area (Å²) in [6.45, 7) is 0.983. The molecule has 6 heteroatoms. The number of halogens is 2. The average molecular weight is 418 g/mol. The quantitative estimate of drug-likeness (QED) is 0.816. The van der Waals surface area contributed by atoms with Crippen LogP contribution in [0.5, 0.6) is 5.75 Å². The normalized spacial score (nSPS) is 19.1. The van der Waals surface area contributed by atoms with Gasteiger partial charge in [0, 0.05) is 10.7 Å². The van der Waals surface area contributed by atoms with Gasteiger partial charge in [-0.1, -0.05) is 15.9 Å². The maximum Gasteiger partial charge on any atom is 0.241 e. The van der Waals surface area contributed by atoms with Gasteiger partial charge in [0.05, 0.1) is 17.6 Å². The monoisotopic (exact) mass is 416 g/mol. The van der Waals surface area contributed by atoms with Gasteiger partial charge in [0.25, 0.3) is 0 Å². The summed E-state index contributed by atoms with van der Waals surface area (Å²) in [5.74, 6) is 0.797. The molecule has 0 bridgehead atoms. The Balaban J connectivity index is 2.03. The second-order valence-electron chi connectivity index (χ2n) is 4.99. The molecule has 0 radical (unpaired) electrons. The Morgan fingerprint density at radius 1 is 1.43 bits per heavy atom. The number of amides is 1. The third-order valence-electron chi connectivity index (χ3n) is 3.58. The standard InChI is InChI=1S/C15H18Br2N2O2/c1-19-7-3-4-13(19)15(20)18-6-5-10-8-14(21-2)12(17)9-11(10)16/h5-6,8-9,13H,3-4,7H2,1-2H3,(H,18,20). The Morgan fingerprint density at radius 3 is 2.81 bits per heavy atom. The number of carbonyl (C=O) groups is 1. The number of nitrogens with zero attached hydrogens (tertiary/aromatic N) is 1. The van der Waals surface area contributed by atoms with Gasteiger partial charge >= 0.3 is 0 Å². The summed E-state index contributed by atoms with van der Waals surface area (Å²) in [7, 11) is 3.61. The molecule has 1 saturated heterocycles. The van der Waals surface area contributed by atoms with Crippen LogP contribution in [0.2, 0.25) is 0 Å². The Kier molecular flexibility index (Phi) is 5.84. The minimum Gasteiger partial charge on any atom is -0.496 e. The SMILES string of the molecule is COc1cc(C=CNC(=O)C2CCCN2C)c(Br)cc1Br. The molecule has 1 unspecified atom stereocenters. The van der Waals surface area contributed by atoms with Crippen LogP contribution in [-0.4, -0.2) is 37.6 Å². The van der Waals surface area contributed by atoms with Gasteiger partial charge in [0.2, 0.25) is 5.91 Å². The third-order valence-corrected chi connectivity index (χ3v) is 4.89. The Bertz CT molecular complexity index is 561. The highest BCUT2D eigenvalue weighted by atomic mass is 79.9. The molecule has 4 nitrogen and oxygen atoms in total. The van der Waals surface area contributed by atoms with Gasteiger partial charge in [-0.05, 0) is 66.1 Å². The van der Waals surface area contributed by atoms with Crippen molar-refractivity contribution >= 4 is 43.8 Å². The first-order chi connectivity index (χ1) is 10.0. The number of carbonyl (C=O) groups excluding carboxylic acids is 1. The van der Waals surface area contributed by atoms with Crippen LogP contribution in [0.3, 0.4) is 0 Å². The van der Waals surface area contributed by atoms with Crippen LogP contribution < -0.4 is 10.1 Å². The molecule has 2 rings (SSSR count). The first-order valence-corrected chi connectivity index (χ1v) is 8.31. The van der Waals surface area contributed by atoms with Crippen LogP contribution in [0.15, 0.2) is 27.3 Å². The first-order valence-electron chi connectivity index (χ1n) is 6.73. The number of methoxy groups -OCH3 is 1. The van der Waals surface area contributed by atoms with Crippen molar-refractivity contribution in [3.05, 3.63) is 32.8 Å². The Morgan fingerprint density at radius 2 is 2.19 bits per heavy atom. The zero-order chi connectivity index (χ0) is 15.4. The third kappa shape index (κ3) is 4.08. The van der Waals surface area contributed by atoms with E-state index in [1.165, 1.54) is 0 Å². The van der Waals surface area contributed by atoms with Gasteiger partial charge < -0.3 is 10.1 Å². The van der Waals surface area contributed by atoms with E-state index in [9.17, 15) is 4.79 Å². The highest BCUT2D eigenvalue weighted by Gasteiger charge is 2.26. The molecule has 1 aromatic carbocycles. The topological polar surface area (TPSA) is 41.6 Å². The van der Waals surface area contributed by atoms with Crippen LogP contribution in [0.25, 0.3) is 6.08 Å².